The van der Waals surface area contributed by atoms with Crippen molar-refractivity contribution >= 4 is 29.7 Å². The van der Waals surface area contributed by atoms with Gasteiger partial charge in [-0.3, -0.25) is 4.79 Å². The maximum Gasteiger partial charge on any atom is 0.273 e. The van der Waals surface area contributed by atoms with E-state index in [2.05, 4.69) is 4.98 Å². The van der Waals surface area contributed by atoms with Gasteiger partial charge in [0, 0.05) is 24.0 Å². The van der Waals surface area contributed by atoms with E-state index in [-0.39, 0.29) is 46.7 Å². The third-order valence-corrected chi connectivity index (χ3v) is 5.18. The molecule has 2 heterocycles. The molecule has 0 spiro atoms. The molecule has 1 aliphatic heterocycles. The van der Waals surface area contributed by atoms with Gasteiger partial charge in [0.2, 0.25) is 0 Å². The molecule has 0 bridgehead atoms. The van der Waals surface area contributed by atoms with Crippen LogP contribution in [0.25, 0.3) is 10.6 Å². The number of thiazole rings is 1. The Morgan fingerprint density at radius 3 is 2.68 bits per heavy atom. The summed E-state index contributed by atoms with van der Waals surface area (Å²) in [7, 11) is 0. The van der Waals surface area contributed by atoms with Gasteiger partial charge >= 0.3 is 0 Å². The van der Waals surface area contributed by atoms with E-state index in [1.54, 1.807) is 10.3 Å². The molecule has 1 aliphatic rings. The van der Waals surface area contributed by atoms with Crippen LogP contribution in [0.5, 0.6) is 0 Å². The first kappa shape index (κ1) is 19.8. The Bertz CT molecular complexity index is 733. The number of piperidine rings is 1. The zero-order valence-electron chi connectivity index (χ0n) is 13.7. The average molecular weight is 388 g/mol. The Morgan fingerprint density at radius 1 is 1.36 bits per heavy atom. The average Bonchev–Trinajstić information content (AvgIpc) is 3.03. The smallest absolute Gasteiger partial charge is 0.273 e. The molecule has 2 atom stereocenters. The fourth-order valence-electron chi connectivity index (χ4n) is 3.09. The number of amides is 1. The molecule has 1 aromatic carbocycles. The fraction of sp³-hybridized carbons (Fsp3) is 0.412. The number of carbonyl (C=O) groups excluding carboxylic acids is 1. The number of hydrogen-bond acceptors (Lipinski definition) is 4. The molecule has 25 heavy (non-hydrogen) atoms. The molecule has 0 aliphatic carbocycles. The van der Waals surface area contributed by atoms with Crippen molar-refractivity contribution in [3.63, 3.8) is 0 Å². The first-order valence-electron chi connectivity index (χ1n) is 7.95. The van der Waals surface area contributed by atoms with Gasteiger partial charge in [-0.25, -0.2) is 13.8 Å². The van der Waals surface area contributed by atoms with Crippen molar-refractivity contribution in [3.8, 4) is 10.6 Å². The Kier molecular flexibility index (Phi) is 6.48. The summed E-state index contributed by atoms with van der Waals surface area (Å²) in [6.45, 7) is 2.52. The highest BCUT2D eigenvalue weighted by molar-refractivity contribution is 7.13. The van der Waals surface area contributed by atoms with Crippen LogP contribution in [0.15, 0.2) is 23.6 Å². The molecular formula is C17H20ClF2N3OS. The minimum Gasteiger partial charge on any atom is -0.333 e. The molecule has 1 saturated heterocycles. The van der Waals surface area contributed by atoms with Crippen LogP contribution >= 0.6 is 23.7 Å². The van der Waals surface area contributed by atoms with Gasteiger partial charge in [0.1, 0.15) is 22.3 Å². The van der Waals surface area contributed by atoms with Gasteiger partial charge in [-0.05, 0) is 38.3 Å². The number of aromatic nitrogens is 1. The normalized spacial score (nSPS) is 18.6. The summed E-state index contributed by atoms with van der Waals surface area (Å²) in [5.41, 5.74) is 6.02. The largest absolute Gasteiger partial charge is 0.333 e. The van der Waals surface area contributed by atoms with Crippen molar-refractivity contribution < 1.29 is 13.6 Å². The number of likely N-dealkylation sites (tertiary alicyclic amines) is 1. The van der Waals surface area contributed by atoms with E-state index >= 15 is 0 Å². The van der Waals surface area contributed by atoms with Gasteiger partial charge in [0.25, 0.3) is 5.91 Å². The molecule has 1 aromatic heterocycles. The van der Waals surface area contributed by atoms with Crippen molar-refractivity contribution in [2.75, 3.05) is 6.54 Å². The Hall–Kier alpha value is -1.57. The zero-order chi connectivity index (χ0) is 17.3. The minimum atomic E-state index is -0.685. The van der Waals surface area contributed by atoms with E-state index in [1.165, 1.54) is 18.2 Å². The van der Waals surface area contributed by atoms with Gasteiger partial charge in [0.05, 0.1) is 5.56 Å². The highest BCUT2D eigenvalue weighted by Crippen LogP contribution is 2.30. The predicted octanol–water partition coefficient (Wildman–Crippen LogP) is 3.85. The van der Waals surface area contributed by atoms with Crippen LogP contribution in [0.1, 0.15) is 36.7 Å². The Labute approximate surface area is 155 Å². The highest BCUT2D eigenvalue weighted by atomic mass is 35.5. The highest BCUT2D eigenvalue weighted by Gasteiger charge is 2.31. The van der Waals surface area contributed by atoms with Crippen molar-refractivity contribution in [2.45, 2.75) is 38.3 Å². The second kappa shape index (κ2) is 8.21. The maximum absolute atomic E-state index is 13.9. The number of benzene rings is 1. The lowest BCUT2D eigenvalue weighted by molar-refractivity contribution is 0.0578. The molecule has 8 heteroatoms. The summed E-state index contributed by atoms with van der Waals surface area (Å²) in [6.07, 6.45) is 2.83. The van der Waals surface area contributed by atoms with Crippen molar-refractivity contribution in [1.29, 1.82) is 0 Å². The molecule has 2 unspecified atom stereocenters. The topological polar surface area (TPSA) is 59.2 Å². The van der Waals surface area contributed by atoms with Gasteiger partial charge in [-0.1, -0.05) is 6.07 Å². The molecule has 3 rings (SSSR count). The second-order valence-corrected chi connectivity index (χ2v) is 6.91. The fourth-order valence-corrected chi connectivity index (χ4v) is 3.93. The third-order valence-electron chi connectivity index (χ3n) is 4.32. The molecule has 4 nitrogen and oxygen atoms in total. The standard InChI is InChI=1S/C17H19F2N3OS.ClH/c1-10(20)14-7-2-3-8-22(14)17(23)13-9-24-16(21-13)15-11(18)5-4-6-12(15)19;/h4-6,9-10,14H,2-3,7-8,20H2,1H3;1H. The van der Waals surface area contributed by atoms with Gasteiger partial charge in [-0.2, -0.15) is 0 Å². The van der Waals surface area contributed by atoms with Crippen LogP contribution in [0.3, 0.4) is 0 Å². The van der Waals surface area contributed by atoms with Crippen LogP contribution in [0.4, 0.5) is 8.78 Å². The van der Waals surface area contributed by atoms with Crippen LogP contribution in [0, 0.1) is 11.6 Å². The molecule has 0 radical (unpaired) electrons. The summed E-state index contributed by atoms with van der Waals surface area (Å²) < 4.78 is 27.8. The molecular weight excluding hydrogens is 368 g/mol. The summed E-state index contributed by atoms with van der Waals surface area (Å²) in [5.74, 6) is -1.60. The van der Waals surface area contributed by atoms with Gasteiger partial charge < -0.3 is 10.6 Å². The number of nitrogens with two attached hydrogens (primary N) is 1. The molecule has 136 valence electrons. The maximum atomic E-state index is 13.9. The third kappa shape index (κ3) is 3.99. The second-order valence-electron chi connectivity index (χ2n) is 6.06. The molecule has 1 fully saturated rings. The van der Waals surface area contributed by atoms with Crippen molar-refractivity contribution in [1.82, 2.24) is 9.88 Å². The van der Waals surface area contributed by atoms with Crippen molar-refractivity contribution in [2.24, 2.45) is 5.73 Å². The lowest BCUT2D eigenvalue weighted by Gasteiger charge is -2.37. The van der Waals surface area contributed by atoms with Crippen LogP contribution in [0.2, 0.25) is 0 Å². The Morgan fingerprint density at radius 2 is 2.04 bits per heavy atom. The number of hydrogen-bond donors (Lipinski definition) is 1. The van der Waals surface area contributed by atoms with E-state index in [9.17, 15) is 13.6 Å². The minimum absolute atomic E-state index is 0. The van der Waals surface area contributed by atoms with E-state index < -0.39 is 11.6 Å². The molecule has 2 N–H and O–H groups in total. The van der Waals surface area contributed by atoms with Gasteiger partial charge in [-0.15, -0.1) is 23.7 Å². The monoisotopic (exact) mass is 387 g/mol. The first-order chi connectivity index (χ1) is 11.5. The summed E-state index contributed by atoms with van der Waals surface area (Å²) in [6, 6.07) is 3.50. The zero-order valence-corrected chi connectivity index (χ0v) is 15.4. The summed E-state index contributed by atoms with van der Waals surface area (Å²) >= 11 is 1.06. The summed E-state index contributed by atoms with van der Waals surface area (Å²) in [4.78, 5) is 18.7. The summed E-state index contributed by atoms with van der Waals surface area (Å²) in [5, 5.41) is 1.72. The van der Waals surface area contributed by atoms with Crippen LogP contribution < -0.4 is 5.73 Å². The number of halogens is 3. The number of nitrogens with zero attached hydrogens (tertiary/aromatic N) is 2. The van der Waals surface area contributed by atoms with E-state index in [0.717, 1.165) is 30.6 Å². The lowest BCUT2D eigenvalue weighted by atomic mass is 9.96. The number of rotatable bonds is 3. The van der Waals surface area contributed by atoms with E-state index in [1.807, 2.05) is 6.92 Å². The molecule has 2 aromatic rings. The predicted molar refractivity (Wildman–Crippen MR) is 97.0 cm³/mol. The quantitative estimate of drug-likeness (QED) is 0.870. The van der Waals surface area contributed by atoms with E-state index in [0.29, 0.717) is 6.54 Å². The number of carbonyl (C=O) groups is 1. The van der Waals surface area contributed by atoms with Crippen LogP contribution in [-0.2, 0) is 0 Å². The SMILES string of the molecule is CC(N)C1CCCCN1C(=O)c1csc(-c2c(F)cccc2F)n1.Cl. The first-order valence-corrected chi connectivity index (χ1v) is 8.83. The lowest BCUT2D eigenvalue weighted by Crippen LogP contribution is -2.51. The van der Waals surface area contributed by atoms with Crippen LogP contribution in [-0.4, -0.2) is 34.4 Å². The van der Waals surface area contributed by atoms with E-state index in [4.69, 9.17) is 5.73 Å². The van der Waals surface area contributed by atoms with Crippen molar-refractivity contribution in [3.05, 3.63) is 40.9 Å². The molecule has 0 saturated carbocycles. The Balaban J connectivity index is 0.00000225. The van der Waals surface area contributed by atoms with Gasteiger partial charge in [0.15, 0.2) is 0 Å². The molecule has 1 amide bonds.